The Morgan fingerprint density at radius 3 is 2.28 bits per heavy atom. The molecular formula is C20H24N2O3. The normalized spacial score (nSPS) is 20.8. The van der Waals surface area contributed by atoms with Gasteiger partial charge in [0.1, 0.15) is 6.04 Å². The highest BCUT2D eigenvalue weighted by atomic mass is 16.2. The molecule has 1 N–H and O–H groups in total. The van der Waals surface area contributed by atoms with E-state index in [1.165, 1.54) is 11.6 Å². The zero-order valence-corrected chi connectivity index (χ0v) is 14.9. The van der Waals surface area contributed by atoms with Gasteiger partial charge in [-0.15, -0.1) is 0 Å². The van der Waals surface area contributed by atoms with Crippen molar-refractivity contribution in [1.29, 1.82) is 0 Å². The van der Waals surface area contributed by atoms with Gasteiger partial charge < -0.3 is 4.90 Å². The molecule has 1 aliphatic carbocycles. The van der Waals surface area contributed by atoms with Crippen LogP contribution in [0.15, 0.2) is 30.3 Å². The quantitative estimate of drug-likeness (QED) is 0.676. The molecule has 1 atom stereocenters. The lowest BCUT2D eigenvalue weighted by Crippen LogP contribution is -2.45. The van der Waals surface area contributed by atoms with Crippen molar-refractivity contribution < 1.29 is 14.4 Å². The number of rotatable bonds is 4. The fraction of sp³-hybridized carbons (Fsp3) is 0.450. The molecule has 3 amide bonds. The molecule has 25 heavy (non-hydrogen) atoms. The second kappa shape index (κ2) is 6.47. The molecule has 1 heterocycles. The molecular weight excluding hydrogens is 316 g/mol. The predicted octanol–water partition coefficient (Wildman–Crippen LogP) is 2.40. The number of hydrogen-bond acceptors (Lipinski definition) is 3. The van der Waals surface area contributed by atoms with Crippen LogP contribution in [0.25, 0.3) is 6.08 Å². The van der Waals surface area contributed by atoms with E-state index >= 15 is 0 Å². The van der Waals surface area contributed by atoms with Crippen LogP contribution in [0.3, 0.4) is 0 Å². The van der Waals surface area contributed by atoms with Gasteiger partial charge in [-0.05, 0) is 35.5 Å². The Morgan fingerprint density at radius 2 is 1.80 bits per heavy atom. The highest BCUT2D eigenvalue weighted by Crippen LogP contribution is 2.31. The molecule has 3 rings (SSSR count). The van der Waals surface area contributed by atoms with Gasteiger partial charge in [0.15, 0.2) is 0 Å². The molecule has 0 aromatic heterocycles. The van der Waals surface area contributed by atoms with Gasteiger partial charge in [0.25, 0.3) is 0 Å². The van der Waals surface area contributed by atoms with Gasteiger partial charge >= 0.3 is 0 Å². The SMILES string of the molecule is CC(C)(C)c1ccc(C=CC(=O)N(C2CC2)C2CC(=O)NC2=O)cc1. The second-order valence-electron chi connectivity index (χ2n) is 7.81. The maximum absolute atomic E-state index is 12.6. The van der Waals surface area contributed by atoms with Crippen molar-refractivity contribution in [2.24, 2.45) is 0 Å². The fourth-order valence-corrected chi connectivity index (χ4v) is 3.05. The van der Waals surface area contributed by atoms with E-state index in [4.69, 9.17) is 0 Å². The molecule has 1 aromatic carbocycles. The highest BCUT2D eigenvalue weighted by molar-refractivity contribution is 6.08. The Bertz CT molecular complexity index is 724. The minimum Gasteiger partial charge on any atom is -0.324 e. The monoisotopic (exact) mass is 340 g/mol. The Balaban J connectivity index is 1.72. The average Bonchev–Trinajstić information content (AvgIpc) is 3.31. The number of carbonyl (C=O) groups excluding carboxylic acids is 3. The van der Waals surface area contributed by atoms with Gasteiger partial charge in [0.05, 0.1) is 6.42 Å². The molecule has 1 unspecified atom stereocenters. The van der Waals surface area contributed by atoms with E-state index in [2.05, 4.69) is 38.2 Å². The summed E-state index contributed by atoms with van der Waals surface area (Å²) in [5.74, 6) is -0.888. The summed E-state index contributed by atoms with van der Waals surface area (Å²) in [6, 6.07) is 7.50. The largest absolute Gasteiger partial charge is 0.324 e. The van der Waals surface area contributed by atoms with E-state index in [-0.39, 0.29) is 35.6 Å². The third-order valence-electron chi connectivity index (χ3n) is 4.67. The second-order valence-corrected chi connectivity index (χ2v) is 7.81. The van der Waals surface area contributed by atoms with E-state index in [0.717, 1.165) is 18.4 Å². The molecule has 2 aliphatic rings. The maximum atomic E-state index is 12.6. The first-order chi connectivity index (χ1) is 11.8. The summed E-state index contributed by atoms with van der Waals surface area (Å²) in [4.78, 5) is 37.5. The predicted molar refractivity (Wildman–Crippen MR) is 95.6 cm³/mol. The summed E-state index contributed by atoms with van der Waals surface area (Å²) in [5.41, 5.74) is 2.25. The minimum absolute atomic E-state index is 0.0647. The molecule has 1 aliphatic heterocycles. The summed E-state index contributed by atoms with van der Waals surface area (Å²) >= 11 is 0. The summed E-state index contributed by atoms with van der Waals surface area (Å²) in [7, 11) is 0. The van der Waals surface area contributed by atoms with Crippen LogP contribution in [0.2, 0.25) is 0 Å². The molecule has 5 nitrogen and oxygen atoms in total. The number of benzene rings is 1. The Labute approximate surface area is 148 Å². The van der Waals surface area contributed by atoms with Crippen LogP contribution in [0.1, 0.15) is 51.2 Å². The molecule has 132 valence electrons. The zero-order chi connectivity index (χ0) is 18.2. The van der Waals surface area contributed by atoms with Crippen molar-refractivity contribution in [2.75, 3.05) is 0 Å². The van der Waals surface area contributed by atoms with Gasteiger partial charge in [-0.3, -0.25) is 19.7 Å². The van der Waals surface area contributed by atoms with Crippen LogP contribution < -0.4 is 5.32 Å². The van der Waals surface area contributed by atoms with Crippen LogP contribution in [-0.4, -0.2) is 34.7 Å². The lowest BCUT2D eigenvalue weighted by Gasteiger charge is -2.25. The Morgan fingerprint density at radius 1 is 1.16 bits per heavy atom. The van der Waals surface area contributed by atoms with Crippen LogP contribution in [0.5, 0.6) is 0 Å². The lowest BCUT2D eigenvalue weighted by atomic mass is 9.87. The minimum atomic E-state index is -0.666. The number of amides is 3. The number of carbonyl (C=O) groups is 3. The molecule has 1 aromatic rings. The topological polar surface area (TPSA) is 66.5 Å². The average molecular weight is 340 g/mol. The summed E-state index contributed by atoms with van der Waals surface area (Å²) in [6.07, 6.45) is 5.10. The van der Waals surface area contributed by atoms with Gasteiger partial charge in [-0.25, -0.2) is 0 Å². The summed E-state index contributed by atoms with van der Waals surface area (Å²) in [5, 5.41) is 2.28. The molecule has 0 bridgehead atoms. The fourth-order valence-electron chi connectivity index (χ4n) is 3.05. The standard InChI is InChI=1S/C20H24N2O3/c1-20(2,3)14-7-4-13(5-8-14)6-11-18(24)22(15-9-10-15)16-12-17(23)21-19(16)25/h4-8,11,15-16H,9-10,12H2,1-3H3,(H,21,23,25). The van der Waals surface area contributed by atoms with E-state index in [0.29, 0.717) is 0 Å². The van der Waals surface area contributed by atoms with E-state index in [1.807, 2.05) is 12.1 Å². The molecule has 0 spiro atoms. The van der Waals surface area contributed by atoms with E-state index in [9.17, 15) is 14.4 Å². The highest BCUT2D eigenvalue weighted by Gasteiger charge is 2.43. The first kappa shape index (κ1) is 17.4. The van der Waals surface area contributed by atoms with Crippen molar-refractivity contribution in [3.05, 3.63) is 41.5 Å². The van der Waals surface area contributed by atoms with Crippen molar-refractivity contribution in [1.82, 2.24) is 10.2 Å². The number of nitrogens with one attached hydrogen (secondary N) is 1. The molecule has 5 heteroatoms. The van der Waals surface area contributed by atoms with Crippen molar-refractivity contribution >= 4 is 23.8 Å². The molecule has 1 saturated heterocycles. The lowest BCUT2D eigenvalue weighted by molar-refractivity contribution is -0.135. The third kappa shape index (κ3) is 3.98. The van der Waals surface area contributed by atoms with E-state index < -0.39 is 6.04 Å². The molecule has 1 saturated carbocycles. The van der Waals surface area contributed by atoms with E-state index in [1.54, 1.807) is 11.0 Å². The van der Waals surface area contributed by atoms with Gasteiger partial charge in [0, 0.05) is 12.1 Å². The van der Waals surface area contributed by atoms with Crippen LogP contribution in [-0.2, 0) is 19.8 Å². The Kier molecular flexibility index (Phi) is 4.50. The summed E-state index contributed by atoms with van der Waals surface area (Å²) < 4.78 is 0. The van der Waals surface area contributed by atoms with Crippen molar-refractivity contribution in [3.8, 4) is 0 Å². The number of nitrogens with zero attached hydrogens (tertiary/aromatic N) is 1. The van der Waals surface area contributed by atoms with Gasteiger partial charge in [-0.2, -0.15) is 0 Å². The first-order valence-corrected chi connectivity index (χ1v) is 8.70. The number of imide groups is 1. The van der Waals surface area contributed by atoms with Crippen LogP contribution >= 0.6 is 0 Å². The molecule has 0 radical (unpaired) electrons. The van der Waals surface area contributed by atoms with Crippen LogP contribution in [0, 0.1) is 0 Å². The van der Waals surface area contributed by atoms with Gasteiger partial charge in [-0.1, -0.05) is 45.0 Å². The molecule has 2 fully saturated rings. The first-order valence-electron chi connectivity index (χ1n) is 8.70. The Hall–Kier alpha value is -2.43. The van der Waals surface area contributed by atoms with Crippen LogP contribution in [0.4, 0.5) is 0 Å². The third-order valence-corrected chi connectivity index (χ3v) is 4.67. The zero-order valence-electron chi connectivity index (χ0n) is 14.9. The number of hydrogen-bond donors (Lipinski definition) is 1. The van der Waals surface area contributed by atoms with Crippen molar-refractivity contribution in [2.45, 2.75) is 57.5 Å². The van der Waals surface area contributed by atoms with Crippen molar-refractivity contribution in [3.63, 3.8) is 0 Å². The maximum Gasteiger partial charge on any atom is 0.249 e. The smallest absolute Gasteiger partial charge is 0.249 e. The van der Waals surface area contributed by atoms with Gasteiger partial charge in [0.2, 0.25) is 17.7 Å². The summed E-state index contributed by atoms with van der Waals surface area (Å²) in [6.45, 7) is 6.47.